The Balaban J connectivity index is 2.62. The number of nitrogens with one attached hydrogen (secondary N) is 1. The highest BCUT2D eigenvalue weighted by atomic mass is 19.1. The summed E-state index contributed by atoms with van der Waals surface area (Å²) >= 11 is 0. The van der Waals surface area contributed by atoms with Gasteiger partial charge in [-0.05, 0) is 44.9 Å². The van der Waals surface area contributed by atoms with Crippen LogP contribution in [0.25, 0.3) is 0 Å². The number of nitrogens with zero attached hydrogens (tertiary/aromatic N) is 1. The highest BCUT2D eigenvalue weighted by Crippen LogP contribution is 2.39. The van der Waals surface area contributed by atoms with Crippen molar-refractivity contribution in [3.05, 3.63) is 58.2 Å². The van der Waals surface area contributed by atoms with Crippen molar-refractivity contribution in [2.75, 3.05) is 0 Å². The summed E-state index contributed by atoms with van der Waals surface area (Å²) in [4.78, 5) is 12.7. The molecule has 1 aliphatic heterocycles. The van der Waals surface area contributed by atoms with Gasteiger partial charge in [-0.3, -0.25) is 0 Å². The number of hydrogen-bond acceptors (Lipinski definition) is 4. The van der Waals surface area contributed by atoms with Crippen LogP contribution in [-0.2, 0) is 9.53 Å². The Hall–Kier alpha value is -2.61. The molecule has 0 radical (unpaired) electrons. The van der Waals surface area contributed by atoms with E-state index < -0.39 is 11.9 Å². The lowest BCUT2D eigenvalue weighted by atomic mass is 9.80. The first-order valence-electron chi connectivity index (χ1n) is 7.96. The van der Waals surface area contributed by atoms with Crippen molar-refractivity contribution in [2.24, 2.45) is 0 Å². The van der Waals surface area contributed by atoms with E-state index in [1.54, 1.807) is 32.9 Å². The van der Waals surface area contributed by atoms with Gasteiger partial charge in [0, 0.05) is 11.4 Å². The molecule has 0 aliphatic carbocycles. The van der Waals surface area contributed by atoms with Crippen LogP contribution < -0.4 is 5.32 Å². The van der Waals surface area contributed by atoms with Gasteiger partial charge in [-0.1, -0.05) is 19.1 Å². The van der Waals surface area contributed by atoms with Crippen molar-refractivity contribution in [3.8, 4) is 6.07 Å². The fourth-order valence-corrected chi connectivity index (χ4v) is 2.83. The molecule has 0 fully saturated rings. The molecule has 2 rings (SSSR count). The van der Waals surface area contributed by atoms with Crippen LogP contribution in [0.1, 0.15) is 45.6 Å². The number of ether oxygens (including phenoxy) is 1. The first kappa shape index (κ1) is 17.7. The Morgan fingerprint density at radius 3 is 2.50 bits per heavy atom. The number of esters is 1. The van der Waals surface area contributed by atoms with E-state index in [1.807, 2.05) is 6.92 Å². The molecule has 24 heavy (non-hydrogen) atoms. The number of dihydropyridines is 1. The van der Waals surface area contributed by atoms with E-state index in [4.69, 9.17) is 4.74 Å². The molecule has 0 saturated heterocycles. The van der Waals surface area contributed by atoms with Crippen molar-refractivity contribution in [1.82, 2.24) is 5.32 Å². The van der Waals surface area contributed by atoms with Crippen molar-refractivity contribution < 1.29 is 13.9 Å². The summed E-state index contributed by atoms with van der Waals surface area (Å²) in [5.74, 6) is -1.38. The molecule has 1 atom stereocenters. The average Bonchev–Trinajstić information content (AvgIpc) is 2.53. The Kier molecular flexibility index (Phi) is 5.40. The molecule has 1 aromatic rings. The van der Waals surface area contributed by atoms with Gasteiger partial charge in [-0.2, -0.15) is 5.26 Å². The quantitative estimate of drug-likeness (QED) is 0.851. The predicted molar refractivity (Wildman–Crippen MR) is 89.1 cm³/mol. The fourth-order valence-electron chi connectivity index (χ4n) is 2.83. The minimum Gasteiger partial charge on any atom is -0.460 e. The molecular formula is C19H21FN2O2. The molecule has 1 N–H and O–H groups in total. The van der Waals surface area contributed by atoms with Gasteiger partial charge < -0.3 is 10.1 Å². The third kappa shape index (κ3) is 3.48. The van der Waals surface area contributed by atoms with Crippen molar-refractivity contribution in [3.63, 3.8) is 0 Å². The predicted octanol–water partition coefficient (Wildman–Crippen LogP) is 3.93. The Morgan fingerprint density at radius 2 is 2.00 bits per heavy atom. The Morgan fingerprint density at radius 1 is 1.38 bits per heavy atom. The zero-order chi connectivity index (χ0) is 17.9. The van der Waals surface area contributed by atoms with E-state index in [9.17, 15) is 14.4 Å². The molecule has 0 aromatic heterocycles. The average molecular weight is 328 g/mol. The van der Waals surface area contributed by atoms with E-state index in [2.05, 4.69) is 11.4 Å². The van der Waals surface area contributed by atoms with Crippen LogP contribution >= 0.6 is 0 Å². The van der Waals surface area contributed by atoms with Crippen LogP contribution in [0.3, 0.4) is 0 Å². The van der Waals surface area contributed by atoms with Crippen molar-refractivity contribution in [1.29, 1.82) is 5.26 Å². The number of rotatable bonds is 4. The molecule has 1 heterocycles. The number of nitriles is 1. The lowest BCUT2D eigenvalue weighted by Crippen LogP contribution is -2.30. The Bertz CT molecular complexity index is 740. The standard InChI is InChI=1S/C19H21FN2O2/c1-5-16-18(19(23)24-11(2)3)17(15(10-21)12(4)22-16)13-6-8-14(20)9-7-13/h6-9,11,17,22H,5H2,1-4H3. The molecule has 0 saturated carbocycles. The lowest BCUT2D eigenvalue weighted by Gasteiger charge is -2.30. The minimum atomic E-state index is -0.557. The highest BCUT2D eigenvalue weighted by molar-refractivity contribution is 5.93. The molecular weight excluding hydrogens is 307 g/mol. The topological polar surface area (TPSA) is 62.1 Å². The lowest BCUT2D eigenvalue weighted by molar-refractivity contribution is -0.143. The summed E-state index contributed by atoms with van der Waals surface area (Å²) in [6.07, 6.45) is 0.325. The first-order chi connectivity index (χ1) is 11.4. The smallest absolute Gasteiger partial charge is 0.337 e. The summed E-state index contributed by atoms with van der Waals surface area (Å²) in [5.41, 5.74) is 2.97. The van der Waals surface area contributed by atoms with E-state index in [1.165, 1.54) is 12.1 Å². The van der Waals surface area contributed by atoms with E-state index in [0.717, 1.165) is 5.70 Å². The van der Waals surface area contributed by atoms with E-state index in [0.29, 0.717) is 28.8 Å². The third-order valence-electron chi connectivity index (χ3n) is 3.88. The molecule has 5 heteroatoms. The molecule has 1 unspecified atom stereocenters. The number of allylic oxidation sites excluding steroid dienone is 3. The molecule has 0 amide bonds. The molecule has 1 aliphatic rings. The van der Waals surface area contributed by atoms with Gasteiger partial charge in [-0.25, -0.2) is 9.18 Å². The summed E-state index contributed by atoms with van der Waals surface area (Å²) in [6.45, 7) is 7.28. The van der Waals surface area contributed by atoms with Gasteiger partial charge in [0.05, 0.1) is 29.2 Å². The van der Waals surface area contributed by atoms with E-state index in [-0.39, 0.29) is 11.9 Å². The fraction of sp³-hybridized carbons (Fsp3) is 0.368. The number of carbonyl (C=O) groups excluding carboxylic acids is 1. The summed E-state index contributed by atoms with van der Waals surface area (Å²) in [6, 6.07) is 8.05. The third-order valence-corrected chi connectivity index (χ3v) is 3.88. The second-order valence-corrected chi connectivity index (χ2v) is 5.96. The minimum absolute atomic E-state index is 0.269. The van der Waals surface area contributed by atoms with Gasteiger partial charge in [0.15, 0.2) is 0 Å². The van der Waals surface area contributed by atoms with Crippen LogP contribution in [0.5, 0.6) is 0 Å². The molecule has 0 spiro atoms. The molecule has 0 bridgehead atoms. The van der Waals surface area contributed by atoms with Crippen LogP contribution in [0.4, 0.5) is 4.39 Å². The van der Waals surface area contributed by atoms with Crippen molar-refractivity contribution >= 4 is 5.97 Å². The van der Waals surface area contributed by atoms with Gasteiger partial charge in [-0.15, -0.1) is 0 Å². The number of halogens is 1. The zero-order valence-corrected chi connectivity index (χ0v) is 14.3. The van der Waals surface area contributed by atoms with Crippen LogP contribution in [0.15, 0.2) is 46.8 Å². The normalized spacial score (nSPS) is 17.6. The second-order valence-electron chi connectivity index (χ2n) is 5.96. The van der Waals surface area contributed by atoms with Gasteiger partial charge in [0.25, 0.3) is 0 Å². The summed E-state index contributed by atoms with van der Waals surface area (Å²) in [5, 5.41) is 12.7. The molecule has 1 aromatic carbocycles. The summed E-state index contributed by atoms with van der Waals surface area (Å²) in [7, 11) is 0. The Labute approximate surface area is 141 Å². The maximum Gasteiger partial charge on any atom is 0.337 e. The molecule has 4 nitrogen and oxygen atoms in total. The largest absolute Gasteiger partial charge is 0.460 e. The maximum absolute atomic E-state index is 13.3. The number of benzene rings is 1. The number of hydrogen-bond donors (Lipinski definition) is 1. The van der Waals surface area contributed by atoms with Crippen LogP contribution in [-0.4, -0.2) is 12.1 Å². The number of carbonyl (C=O) groups is 1. The first-order valence-corrected chi connectivity index (χ1v) is 7.96. The van der Waals surface area contributed by atoms with Gasteiger partial charge in [0.2, 0.25) is 0 Å². The zero-order valence-electron chi connectivity index (χ0n) is 14.3. The van der Waals surface area contributed by atoms with Gasteiger partial charge >= 0.3 is 5.97 Å². The molecule has 126 valence electrons. The van der Waals surface area contributed by atoms with Crippen LogP contribution in [0.2, 0.25) is 0 Å². The SMILES string of the molecule is CCC1=C(C(=O)OC(C)C)C(c2ccc(F)cc2)C(C#N)=C(C)N1. The highest BCUT2D eigenvalue weighted by Gasteiger charge is 2.35. The van der Waals surface area contributed by atoms with Crippen LogP contribution in [0, 0.1) is 17.1 Å². The van der Waals surface area contributed by atoms with Crippen molar-refractivity contribution in [2.45, 2.75) is 46.1 Å². The van der Waals surface area contributed by atoms with E-state index >= 15 is 0 Å². The maximum atomic E-state index is 13.3. The monoisotopic (exact) mass is 328 g/mol. The summed E-state index contributed by atoms with van der Waals surface area (Å²) < 4.78 is 18.7. The second kappa shape index (κ2) is 7.31. The van der Waals surface area contributed by atoms with Gasteiger partial charge in [0.1, 0.15) is 5.82 Å².